The summed E-state index contributed by atoms with van der Waals surface area (Å²) in [4.78, 5) is 18.2. The summed E-state index contributed by atoms with van der Waals surface area (Å²) in [5.41, 5.74) is 0.367. The Morgan fingerprint density at radius 2 is 1.72 bits per heavy atom. The molecule has 2 N–H and O–H groups in total. The molecule has 9 nitrogen and oxygen atoms in total. The van der Waals surface area contributed by atoms with Gasteiger partial charge in [0.15, 0.2) is 0 Å². The monoisotopic (exact) mass is 661 g/mol. The number of aliphatic hydroxyl groups excluding tert-OH is 1. The molecule has 1 saturated carbocycles. The Hall–Kier alpha value is -2.73. The minimum absolute atomic E-state index is 0.0434. The van der Waals surface area contributed by atoms with Gasteiger partial charge in [-0.1, -0.05) is 26.2 Å². The molecule has 1 amide bonds. The number of benzene rings is 2. The fourth-order valence-electron chi connectivity index (χ4n) is 6.47. The van der Waals surface area contributed by atoms with Crippen molar-refractivity contribution >= 4 is 21.6 Å². The first-order chi connectivity index (χ1) is 22.0. The molecule has 0 unspecified atom stereocenters. The zero-order chi connectivity index (χ0) is 33.3. The largest absolute Gasteiger partial charge is 0.490 e. The van der Waals surface area contributed by atoms with Crippen LogP contribution < -0.4 is 9.46 Å². The van der Waals surface area contributed by atoms with E-state index in [-0.39, 0.29) is 46.8 Å². The van der Waals surface area contributed by atoms with Crippen LogP contribution in [0.4, 0.5) is 10.1 Å². The summed E-state index contributed by atoms with van der Waals surface area (Å²) < 4.78 is 54.9. The van der Waals surface area contributed by atoms with Crippen molar-refractivity contribution in [3.63, 3.8) is 0 Å². The predicted octanol–water partition coefficient (Wildman–Crippen LogP) is 5.93. The third-order valence-corrected chi connectivity index (χ3v) is 10.6. The summed E-state index contributed by atoms with van der Waals surface area (Å²) in [6.45, 7) is 8.32. The van der Waals surface area contributed by atoms with Crippen LogP contribution in [0.3, 0.4) is 0 Å². The molecular weight excluding hydrogens is 609 g/mol. The molecule has 0 saturated heterocycles. The van der Waals surface area contributed by atoms with Gasteiger partial charge in [0.2, 0.25) is 0 Å². The van der Waals surface area contributed by atoms with E-state index in [0.717, 1.165) is 44.5 Å². The topological polar surface area (TPSA) is 108 Å². The van der Waals surface area contributed by atoms with Gasteiger partial charge in [0, 0.05) is 37.8 Å². The number of carbonyl (C=O) groups is 1. The number of nitrogens with zero attached hydrogens (tertiary/aromatic N) is 2. The molecule has 1 fully saturated rings. The minimum atomic E-state index is -4.05. The van der Waals surface area contributed by atoms with E-state index >= 15 is 0 Å². The van der Waals surface area contributed by atoms with E-state index in [1.807, 2.05) is 6.92 Å². The average molecular weight is 662 g/mol. The molecule has 2 aromatic rings. The quantitative estimate of drug-likeness (QED) is 0.343. The van der Waals surface area contributed by atoms with Crippen molar-refractivity contribution in [2.45, 2.75) is 95.3 Å². The predicted molar refractivity (Wildman–Crippen MR) is 178 cm³/mol. The fourth-order valence-corrected chi connectivity index (χ4v) is 7.52. The lowest BCUT2D eigenvalue weighted by Crippen LogP contribution is -2.47. The maximum absolute atomic E-state index is 14.3. The number of halogens is 1. The molecule has 0 bridgehead atoms. The number of hydrogen-bond donors (Lipinski definition) is 2. The standard InChI is InChI=1S/C35H52FN3O6S/c1-25-21-39(26(2)24-40)35(41)32-20-30(37-46(42,43)31-16-13-29(36)14-17-31)15-18-33(32)45-27(3)10-8-9-19-44-34(25)23-38(4)22-28-11-6-5-7-12-28/h13-18,20,25-28,34,37,40H,5-12,19,21-24H2,1-4H3/t25-,26-,27-,34+/m1/s1. The SMILES string of the molecule is C[C@@H]1CCCCO[C@@H](CN(C)CC2CCCCC2)[C@H](C)CN([C@H](C)CO)C(=O)c2cc(NS(=O)(=O)c3ccc(F)cc3)ccc2O1. The number of ether oxygens (including phenoxy) is 2. The highest BCUT2D eigenvalue weighted by atomic mass is 32.2. The maximum Gasteiger partial charge on any atom is 0.261 e. The van der Waals surface area contributed by atoms with Crippen LogP contribution in [0.15, 0.2) is 47.4 Å². The number of amides is 1. The molecule has 4 rings (SSSR count). The lowest BCUT2D eigenvalue weighted by atomic mass is 9.89. The van der Waals surface area contributed by atoms with Gasteiger partial charge in [0.1, 0.15) is 11.6 Å². The van der Waals surface area contributed by atoms with E-state index in [2.05, 4.69) is 23.6 Å². The molecular formula is C35H52FN3O6S. The number of hydrogen-bond acceptors (Lipinski definition) is 7. The number of carbonyl (C=O) groups excluding carboxylic acids is 1. The molecule has 2 aromatic carbocycles. The summed E-state index contributed by atoms with van der Waals surface area (Å²) in [5, 5.41) is 10.2. The first kappa shape index (κ1) is 36.1. The third-order valence-electron chi connectivity index (χ3n) is 9.21. The highest BCUT2D eigenvalue weighted by Crippen LogP contribution is 2.30. The molecule has 0 radical (unpaired) electrons. The number of anilines is 1. The average Bonchev–Trinajstić information content (AvgIpc) is 3.03. The fraction of sp³-hybridized carbons (Fsp3) is 0.629. The molecule has 11 heteroatoms. The minimum Gasteiger partial charge on any atom is -0.490 e. The number of rotatable bonds is 9. The molecule has 0 aromatic heterocycles. The van der Waals surface area contributed by atoms with Gasteiger partial charge in [0.05, 0.1) is 35.3 Å². The van der Waals surface area contributed by atoms with E-state index in [4.69, 9.17) is 9.47 Å². The van der Waals surface area contributed by atoms with Crippen LogP contribution in [0.2, 0.25) is 0 Å². The third kappa shape index (κ3) is 10.1. The first-order valence-corrected chi connectivity index (χ1v) is 18.3. The van der Waals surface area contributed by atoms with Gasteiger partial charge in [0.25, 0.3) is 15.9 Å². The Morgan fingerprint density at radius 1 is 1.02 bits per heavy atom. The van der Waals surface area contributed by atoms with Crippen molar-refractivity contribution in [3.05, 3.63) is 53.8 Å². The summed E-state index contributed by atoms with van der Waals surface area (Å²) >= 11 is 0. The molecule has 46 heavy (non-hydrogen) atoms. The smallest absolute Gasteiger partial charge is 0.261 e. The zero-order valence-corrected chi connectivity index (χ0v) is 28.6. The van der Waals surface area contributed by atoms with Crippen LogP contribution in [0.1, 0.15) is 82.5 Å². The lowest BCUT2D eigenvalue weighted by Gasteiger charge is -2.36. The van der Waals surface area contributed by atoms with Crippen LogP contribution >= 0.6 is 0 Å². The number of fused-ring (bicyclic) bond motifs is 1. The molecule has 4 atom stereocenters. The van der Waals surface area contributed by atoms with Gasteiger partial charge >= 0.3 is 0 Å². The van der Waals surface area contributed by atoms with Crippen molar-refractivity contribution in [3.8, 4) is 5.75 Å². The number of sulfonamides is 1. The number of aliphatic hydroxyl groups is 1. The van der Waals surface area contributed by atoms with Gasteiger partial charge < -0.3 is 24.4 Å². The second kappa shape index (κ2) is 16.9. The highest BCUT2D eigenvalue weighted by molar-refractivity contribution is 7.92. The number of nitrogens with one attached hydrogen (secondary N) is 1. The van der Waals surface area contributed by atoms with E-state index in [9.17, 15) is 22.7 Å². The second-order valence-electron chi connectivity index (χ2n) is 13.3. The Labute approximate surface area is 274 Å². The van der Waals surface area contributed by atoms with Gasteiger partial charge in [-0.05, 0) is 101 Å². The Kier molecular flexibility index (Phi) is 13.3. The summed E-state index contributed by atoms with van der Waals surface area (Å²) in [5.74, 6) is 0.0933. The highest BCUT2D eigenvalue weighted by Gasteiger charge is 2.31. The van der Waals surface area contributed by atoms with Gasteiger partial charge in [-0.15, -0.1) is 0 Å². The van der Waals surface area contributed by atoms with Crippen LogP contribution in [-0.4, -0.2) is 87.4 Å². The van der Waals surface area contributed by atoms with Gasteiger partial charge in [-0.2, -0.15) is 0 Å². The second-order valence-corrected chi connectivity index (χ2v) is 15.0. The van der Waals surface area contributed by atoms with Crippen LogP contribution in [0, 0.1) is 17.7 Å². The zero-order valence-electron chi connectivity index (χ0n) is 27.8. The Balaban J connectivity index is 1.62. The summed E-state index contributed by atoms with van der Waals surface area (Å²) in [6.07, 6.45) is 8.68. The van der Waals surface area contributed by atoms with Gasteiger partial charge in [-0.25, -0.2) is 12.8 Å². The normalized spacial score (nSPS) is 23.3. The summed E-state index contributed by atoms with van der Waals surface area (Å²) in [7, 11) is -1.90. The van der Waals surface area contributed by atoms with Crippen molar-refractivity contribution in [1.29, 1.82) is 0 Å². The summed E-state index contributed by atoms with van der Waals surface area (Å²) in [6, 6.07) is 8.66. The van der Waals surface area contributed by atoms with E-state index in [1.165, 1.54) is 50.3 Å². The maximum atomic E-state index is 14.3. The molecule has 256 valence electrons. The molecule has 1 heterocycles. The molecule has 0 spiro atoms. The van der Waals surface area contributed by atoms with E-state index in [1.54, 1.807) is 24.0 Å². The van der Waals surface area contributed by atoms with Crippen molar-refractivity contribution in [2.75, 3.05) is 44.6 Å². The van der Waals surface area contributed by atoms with Crippen LogP contribution in [0.5, 0.6) is 5.75 Å². The van der Waals surface area contributed by atoms with E-state index < -0.39 is 21.9 Å². The lowest BCUT2D eigenvalue weighted by molar-refractivity contribution is -0.0190. The number of likely N-dealkylation sites (N-methyl/N-ethyl adjacent to an activating group) is 1. The molecule has 2 aliphatic rings. The van der Waals surface area contributed by atoms with E-state index in [0.29, 0.717) is 24.8 Å². The van der Waals surface area contributed by atoms with Gasteiger partial charge in [-0.3, -0.25) is 9.52 Å². The Bertz CT molecular complexity index is 1370. The first-order valence-electron chi connectivity index (χ1n) is 16.8. The van der Waals surface area contributed by atoms with Crippen LogP contribution in [0.25, 0.3) is 0 Å². The van der Waals surface area contributed by atoms with Crippen molar-refractivity contribution in [1.82, 2.24) is 9.80 Å². The van der Waals surface area contributed by atoms with Crippen molar-refractivity contribution < 1.29 is 32.2 Å². The molecule has 1 aliphatic carbocycles. The van der Waals surface area contributed by atoms with Crippen LogP contribution in [-0.2, 0) is 14.8 Å². The Morgan fingerprint density at radius 3 is 2.41 bits per heavy atom. The van der Waals surface area contributed by atoms with Crippen molar-refractivity contribution in [2.24, 2.45) is 11.8 Å². The molecule has 1 aliphatic heterocycles.